The van der Waals surface area contributed by atoms with Gasteiger partial charge in [-0.25, -0.2) is 0 Å². The van der Waals surface area contributed by atoms with E-state index in [-0.39, 0.29) is 38.2 Å². The van der Waals surface area contributed by atoms with Gasteiger partial charge in [-0.2, -0.15) is 0 Å². The first kappa shape index (κ1) is 47.4. The molecule has 14 nitrogen and oxygen atoms in total. The summed E-state index contributed by atoms with van der Waals surface area (Å²) in [4.78, 5) is 48.2. The van der Waals surface area contributed by atoms with Gasteiger partial charge in [-0.3, -0.25) is 24.2 Å². The summed E-state index contributed by atoms with van der Waals surface area (Å²) in [6.45, 7) is 7.92. The van der Waals surface area contributed by atoms with Crippen molar-refractivity contribution in [1.82, 2.24) is 10.6 Å². The largest absolute Gasteiger partial charge is 0.494 e. The second-order valence-electron chi connectivity index (χ2n) is 16.8. The van der Waals surface area contributed by atoms with E-state index in [4.69, 9.17) is 9.47 Å². The molecule has 14 heteroatoms. The van der Waals surface area contributed by atoms with Gasteiger partial charge < -0.3 is 45.4 Å². The number of hydrogen-bond donors (Lipinski definition) is 6. The van der Waals surface area contributed by atoms with Crippen LogP contribution < -0.4 is 34.8 Å². The van der Waals surface area contributed by atoms with E-state index in [1.807, 2.05) is 74.5 Å². The summed E-state index contributed by atoms with van der Waals surface area (Å²) in [5.41, 5.74) is 4.08. The van der Waals surface area contributed by atoms with E-state index in [9.17, 15) is 34.8 Å². The molecule has 2 unspecified atom stereocenters. The van der Waals surface area contributed by atoms with Crippen molar-refractivity contribution in [2.45, 2.75) is 89.9 Å². The first-order chi connectivity index (χ1) is 31.6. The third-order valence-corrected chi connectivity index (χ3v) is 12.5. The second-order valence-corrected chi connectivity index (χ2v) is 16.8. The third-order valence-electron chi connectivity index (χ3n) is 12.5. The minimum Gasteiger partial charge on any atom is -0.494 e. The molecule has 0 saturated carbocycles. The minimum atomic E-state index is -2.01. The Hall–Kier alpha value is -5.61. The van der Waals surface area contributed by atoms with Gasteiger partial charge in [-0.1, -0.05) is 31.2 Å². The monoisotopic (exact) mass is 889 g/mol. The summed E-state index contributed by atoms with van der Waals surface area (Å²) in [5, 5.41) is 47.7. The molecule has 3 aliphatic rings. The van der Waals surface area contributed by atoms with Gasteiger partial charge in [0.15, 0.2) is 5.60 Å². The molecule has 0 saturated heterocycles. The van der Waals surface area contributed by atoms with Gasteiger partial charge in [0.2, 0.25) is 11.8 Å². The molecule has 7 rings (SSSR count). The summed E-state index contributed by atoms with van der Waals surface area (Å²) in [5.74, 6) is -0.0912. The number of rotatable bonds is 22. The van der Waals surface area contributed by atoms with Crippen LogP contribution in [0.3, 0.4) is 0 Å². The van der Waals surface area contributed by atoms with Gasteiger partial charge in [-0.05, 0) is 155 Å². The number of unbranched alkanes of at least 4 members (excludes halogenated alkanes) is 2. The van der Waals surface area contributed by atoms with Crippen LogP contribution in [0.25, 0.3) is 0 Å². The summed E-state index contributed by atoms with van der Waals surface area (Å²) in [6.07, 6.45) is 7.46. The maximum Gasteiger partial charge on any atom is 0.264 e. The number of anilines is 5. The quantitative estimate of drug-likeness (QED) is 0.0421. The molecule has 4 aromatic carbocycles. The fraction of sp³-hybridized carbons (Fsp3) is 0.431. The Kier molecular flexibility index (Phi) is 15.7. The van der Waals surface area contributed by atoms with Gasteiger partial charge in [-0.15, -0.1) is 0 Å². The highest BCUT2D eigenvalue weighted by atomic mass is 16.5. The highest BCUT2D eigenvalue weighted by Gasteiger charge is 2.53. The minimum absolute atomic E-state index is 0.0662. The Morgan fingerprint density at radius 1 is 0.692 bits per heavy atom. The fourth-order valence-corrected chi connectivity index (χ4v) is 9.12. The second kappa shape index (κ2) is 21.6. The maximum atomic E-state index is 14.8. The van der Waals surface area contributed by atoms with Gasteiger partial charge in [0.25, 0.3) is 5.91 Å². The molecule has 65 heavy (non-hydrogen) atoms. The number of nitrogens with one attached hydrogen (secondary N) is 2. The molecule has 3 aliphatic heterocycles. The lowest BCUT2D eigenvalue weighted by Gasteiger charge is -2.35. The van der Waals surface area contributed by atoms with Gasteiger partial charge >= 0.3 is 0 Å². The van der Waals surface area contributed by atoms with Crippen molar-refractivity contribution in [2.24, 2.45) is 5.92 Å². The highest BCUT2D eigenvalue weighted by molar-refractivity contribution is 6.10. The van der Waals surface area contributed by atoms with Crippen molar-refractivity contribution >= 4 is 46.2 Å². The van der Waals surface area contributed by atoms with Crippen LogP contribution in [0.15, 0.2) is 91.0 Å². The Balaban J connectivity index is 1.22. The zero-order chi connectivity index (χ0) is 46.1. The number of benzene rings is 4. The van der Waals surface area contributed by atoms with Gasteiger partial charge in [0.1, 0.15) is 11.5 Å². The number of carbonyl (C=O) groups excluding carboxylic acids is 3. The van der Waals surface area contributed by atoms with Crippen LogP contribution in [-0.2, 0) is 39.4 Å². The first-order valence-corrected chi connectivity index (χ1v) is 23.0. The number of carbonyl (C=O) groups is 3. The van der Waals surface area contributed by atoms with Crippen LogP contribution in [-0.4, -0.2) is 96.4 Å². The van der Waals surface area contributed by atoms with E-state index in [1.54, 1.807) is 52.0 Å². The Bertz CT molecular complexity index is 2340. The number of fused-ring (bicyclic) bond motifs is 3. The lowest BCUT2D eigenvalue weighted by atomic mass is 9.82. The normalized spacial score (nSPS) is 19.7. The molecule has 4 aromatic rings. The van der Waals surface area contributed by atoms with Crippen LogP contribution in [0.2, 0.25) is 0 Å². The van der Waals surface area contributed by atoms with Crippen LogP contribution >= 0.6 is 0 Å². The zero-order valence-electron chi connectivity index (χ0n) is 37.7. The van der Waals surface area contributed by atoms with E-state index in [1.165, 1.54) is 0 Å². The fourth-order valence-electron chi connectivity index (χ4n) is 9.12. The summed E-state index contributed by atoms with van der Waals surface area (Å²) in [7, 11) is 0. The summed E-state index contributed by atoms with van der Waals surface area (Å²) in [6, 6.07) is 23.2. The number of amides is 3. The molecular weight excluding hydrogens is 827 g/mol. The Morgan fingerprint density at radius 2 is 1.22 bits per heavy atom. The van der Waals surface area contributed by atoms with Gasteiger partial charge in [0.05, 0.1) is 48.9 Å². The van der Waals surface area contributed by atoms with E-state index in [0.717, 1.165) is 34.5 Å². The lowest BCUT2D eigenvalue weighted by Crippen LogP contribution is -2.49. The smallest absolute Gasteiger partial charge is 0.264 e. The molecule has 346 valence electrons. The van der Waals surface area contributed by atoms with Crippen molar-refractivity contribution in [3.8, 4) is 11.5 Å². The molecule has 0 radical (unpaired) electrons. The maximum absolute atomic E-state index is 14.8. The van der Waals surface area contributed by atoms with Crippen molar-refractivity contribution in [3.63, 3.8) is 0 Å². The molecular formula is C51H63N5O9. The van der Waals surface area contributed by atoms with Crippen molar-refractivity contribution in [3.05, 3.63) is 113 Å². The zero-order valence-corrected chi connectivity index (χ0v) is 37.7. The van der Waals surface area contributed by atoms with Crippen molar-refractivity contribution in [2.75, 3.05) is 60.8 Å². The average molecular weight is 890 g/mol. The molecule has 3 amide bonds. The molecule has 3 heterocycles. The van der Waals surface area contributed by atoms with Crippen LogP contribution in [0.1, 0.15) is 75.1 Å². The van der Waals surface area contributed by atoms with Crippen LogP contribution in [0.4, 0.5) is 28.4 Å². The number of aliphatic hydroxyl groups is 4. The number of hydrogen-bond acceptors (Lipinski definition) is 11. The first-order valence-electron chi connectivity index (χ1n) is 23.0. The highest BCUT2D eigenvalue weighted by Crippen LogP contribution is 2.49. The molecule has 0 aromatic heterocycles. The predicted molar refractivity (Wildman–Crippen MR) is 251 cm³/mol. The van der Waals surface area contributed by atoms with E-state index in [2.05, 4.69) is 10.6 Å². The summed E-state index contributed by atoms with van der Waals surface area (Å²) < 4.78 is 11.6. The van der Waals surface area contributed by atoms with Crippen molar-refractivity contribution < 1.29 is 44.3 Å². The standard InChI is InChI=1S/C51H63N5O9/c1-4-64-40-18-21-45-36(28-40)30-43(52-23-7-10-26-58)48(60)55(45)38-15-13-35(14-16-38)33-54-47-20-17-39(32-42(47)51(63,50(54)62)34(3)12-6-9-25-57)56-46-22-19-41(65-5-2)29-37(46)31-44(49(56)61)53-24-8-11-27-59/h6,12-22,28-29,32,34,43-44,52-53,57-59,63H,4-5,7-11,23-27,30-31,33H2,1-3H3/b12-6+/t34-,43?,44?,51+/m1/s1. The van der Waals surface area contributed by atoms with E-state index in [0.29, 0.717) is 98.9 Å². The molecule has 0 spiro atoms. The molecule has 0 fully saturated rings. The van der Waals surface area contributed by atoms with Crippen LogP contribution in [0.5, 0.6) is 11.5 Å². The number of nitrogens with zero attached hydrogens (tertiary/aromatic N) is 3. The Labute approximate surface area is 381 Å². The predicted octanol–water partition coefficient (Wildman–Crippen LogP) is 5.70. The molecule has 0 aliphatic carbocycles. The van der Waals surface area contributed by atoms with E-state index < -0.39 is 29.5 Å². The van der Waals surface area contributed by atoms with Gasteiger partial charge in [0, 0.05) is 42.7 Å². The molecule has 6 N–H and O–H groups in total. The summed E-state index contributed by atoms with van der Waals surface area (Å²) >= 11 is 0. The number of ether oxygens (including phenoxy) is 2. The topological polar surface area (TPSA) is 184 Å². The molecule has 4 atom stereocenters. The van der Waals surface area contributed by atoms with E-state index >= 15 is 0 Å². The molecule has 0 bridgehead atoms. The Morgan fingerprint density at radius 3 is 1.74 bits per heavy atom. The average Bonchev–Trinajstić information content (AvgIpc) is 3.52. The number of aliphatic hydroxyl groups excluding tert-OH is 3. The third kappa shape index (κ3) is 9.98. The van der Waals surface area contributed by atoms with Crippen molar-refractivity contribution in [1.29, 1.82) is 0 Å². The lowest BCUT2D eigenvalue weighted by molar-refractivity contribution is -0.139. The van der Waals surface area contributed by atoms with Crippen LogP contribution in [0, 0.1) is 5.92 Å². The SMILES string of the molecule is CCOc1ccc2c(c1)CC(NCCCCO)C(=O)N2c1ccc(CN2C(=O)[C@](O)([C@H](C)/C=C/CCO)c3cc(N4C(=O)C(NCCCCO)Cc5cc(OCC)ccc54)ccc32)cc1.